The minimum atomic E-state index is -0.880. The number of benzene rings is 1. The minimum absolute atomic E-state index is 0.0349. The van der Waals surface area contributed by atoms with Crippen LogP contribution in [0.25, 0.3) is 0 Å². The summed E-state index contributed by atoms with van der Waals surface area (Å²) in [5.74, 6) is -0.329. The Labute approximate surface area is 149 Å². The van der Waals surface area contributed by atoms with Crippen molar-refractivity contribution in [1.29, 1.82) is 0 Å². The first-order valence-corrected chi connectivity index (χ1v) is 8.43. The van der Waals surface area contributed by atoms with Crippen LogP contribution in [0.5, 0.6) is 0 Å². The molecule has 1 fully saturated rings. The van der Waals surface area contributed by atoms with Crippen molar-refractivity contribution in [1.82, 2.24) is 0 Å². The predicted molar refractivity (Wildman–Crippen MR) is 94.7 cm³/mol. The lowest BCUT2D eigenvalue weighted by Crippen LogP contribution is -2.62. The van der Waals surface area contributed by atoms with Crippen LogP contribution in [-0.2, 0) is 30.4 Å². The summed E-state index contributed by atoms with van der Waals surface area (Å²) in [7, 11) is 0. The Kier molecular flexibility index (Phi) is 8.06. The van der Waals surface area contributed by atoms with Gasteiger partial charge < -0.3 is 19.9 Å². The highest BCUT2D eigenvalue weighted by molar-refractivity contribution is 5.82. The van der Waals surface area contributed by atoms with E-state index in [4.69, 9.17) is 15.2 Å². The third kappa shape index (κ3) is 7.67. The van der Waals surface area contributed by atoms with Gasteiger partial charge in [0.05, 0.1) is 19.3 Å². The first kappa shape index (κ1) is 21.1. The minimum Gasteiger partial charge on any atom is -0.468 e. The number of carbonyl (C=O) groups is 2. The molecule has 0 heterocycles. The number of esters is 1. The molecule has 0 atom stereocenters. The molecule has 0 saturated heterocycles. The Bertz CT molecular complexity index is 532. The quantitative estimate of drug-likeness (QED) is 0.626. The maximum absolute atomic E-state index is 12.0. The van der Waals surface area contributed by atoms with Crippen molar-refractivity contribution in [3.05, 3.63) is 35.9 Å². The van der Waals surface area contributed by atoms with Crippen LogP contribution < -0.4 is 5.73 Å². The molecule has 0 radical (unpaired) electrons. The third-order valence-corrected chi connectivity index (χ3v) is 3.55. The second-order valence-electron chi connectivity index (χ2n) is 7.04. The highest BCUT2D eigenvalue weighted by Gasteiger charge is 2.49. The van der Waals surface area contributed by atoms with E-state index >= 15 is 0 Å². The summed E-state index contributed by atoms with van der Waals surface area (Å²) < 4.78 is 15.2. The van der Waals surface area contributed by atoms with Crippen LogP contribution in [0.2, 0.25) is 0 Å². The smallest absolute Gasteiger partial charge is 0.326 e. The Morgan fingerprint density at radius 1 is 1.28 bits per heavy atom. The fourth-order valence-corrected chi connectivity index (χ4v) is 2.27. The van der Waals surface area contributed by atoms with Gasteiger partial charge in [0.2, 0.25) is 0 Å². The maximum Gasteiger partial charge on any atom is 0.326 e. The van der Waals surface area contributed by atoms with Gasteiger partial charge in [-0.25, -0.2) is 0 Å². The lowest BCUT2D eigenvalue weighted by atomic mass is 9.75. The molecule has 0 spiro atoms. The summed E-state index contributed by atoms with van der Waals surface area (Å²) in [5.41, 5.74) is 5.80. The van der Waals surface area contributed by atoms with Crippen LogP contribution in [0.15, 0.2) is 30.3 Å². The van der Waals surface area contributed by atoms with Crippen molar-refractivity contribution in [2.45, 2.75) is 64.4 Å². The fraction of sp³-hybridized carbons (Fsp3) is 0.579. The molecule has 6 heteroatoms. The lowest BCUT2D eigenvalue weighted by molar-refractivity contribution is -0.173. The summed E-state index contributed by atoms with van der Waals surface area (Å²) in [6.07, 6.45) is 1.08. The second-order valence-corrected chi connectivity index (χ2v) is 7.04. The second kappa shape index (κ2) is 9.53. The summed E-state index contributed by atoms with van der Waals surface area (Å²) in [6.45, 7) is 8.75. The van der Waals surface area contributed by atoms with Gasteiger partial charge in [0.1, 0.15) is 11.1 Å². The van der Waals surface area contributed by atoms with E-state index in [2.05, 4.69) is 4.74 Å². The largest absolute Gasteiger partial charge is 0.468 e. The van der Waals surface area contributed by atoms with Crippen molar-refractivity contribution in [2.75, 3.05) is 6.61 Å². The molecular formula is C19H29NO5. The van der Waals surface area contributed by atoms with Crippen LogP contribution in [0.4, 0.5) is 0 Å². The number of nitrogens with two attached hydrogens (primary N) is 1. The van der Waals surface area contributed by atoms with E-state index in [0.29, 0.717) is 32.5 Å². The van der Waals surface area contributed by atoms with Gasteiger partial charge in [0, 0.05) is 12.8 Å². The van der Waals surface area contributed by atoms with Crippen molar-refractivity contribution in [3.8, 4) is 0 Å². The average molecular weight is 351 g/mol. The molecule has 1 saturated carbocycles. The van der Waals surface area contributed by atoms with Crippen LogP contribution in [-0.4, -0.2) is 36.3 Å². The van der Waals surface area contributed by atoms with Crippen LogP contribution >= 0.6 is 0 Å². The summed E-state index contributed by atoms with van der Waals surface area (Å²) >= 11 is 0. The van der Waals surface area contributed by atoms with Gasteiger partial charge in [-0.15, -0.1) is 0 Å². The number of carbonyl (C=O) groups excluding carboxylic acids is 2. The van der Waals surface area contributed by atoms with Crippen molar-refractivity contribution in [3.63, 3.8) is 0 Å². The van der Waals surface area contributed by atoms with Crippen molar-refractivity contribution < 1.29 is 23.8 Å². The molecule has 0 aromatic heterocycles. The molecular weight excluding hydrogens is 322 g/mol. The Morgan fingerprint density at radius 2 is 1.88 bits per heavy atom. The molecule has 0 unspecified atom stereocenters. The zero-order chi connectivity index (χ0) is 18.9. The molecule has 2 rings (SSSR count). The molecule has 0 bridgehead atoms. The van der Waals surface area contributed by atoms with Gasteiger partial charge in [-0.2, -0.15) is 0 Å². The SMILES string of the molecule is CC(C)(C)OC(=O)C1(N)CC(OCc2ccccc2)C1.CCOC=O. The normalized spacial score (nSPS) is 22.0. The summed E-state index contributed by atoms with van der Waals surface area (Å²) in [4.78, 5) is 21.2. The summed E-state index contributed by atoms with van der Waals surface area (Å²) in [6, 6.07) is 9.96. The molecule has 6 nitrogen and oxygen atoms in total. The maximum atomic E-state index is 12.0. The molecule has 2 N–H and O–H groups in total. The van der Waals surface area contributed by atoms with Crippen LogP contribution in [0, 0.1) is 0 Å². The Balaban J connectivity index is 0.000000550. The third-order valence-electron chi connectivity index (χ3n) is 3.55. The number of ether oxygens (including phenoxy) is 3. The van der Waals surface area contributed by atoms with E-state index in [0.717, 1.165) is 5.56 Å². The monoisotopic (exact) mass is 351 g/mol. The topological polar surface area (TPSA) is 87.8 Å². The molecule has 0 aliphatic heterocycles. The van der Waals surface area contributed by atoms with Gasteiger partial charge in [-0.3, -0.25) is 9.59 Å². The molecule has 1 aliphatic rings. The Morgan fingerprint density at radius 3 is 2.32 bits per heavy atom. The average Bonchev–Trinajstić information content (AvgIpc) is 2.51. The number of hydrogen-bond donors (Lipinski definition) is 1. The van der Waals surface area contributed by atoms with Crippen LogP contribution in [0.3, 0.4) is 0 Å². The zero-order valence-corrected chi connectivity index (χ0v) is 15.5. The fourth-order valence-electron chi connectivity index (χ4n) is 2.27. The first-order valence-electron chi connectivity index (χ1n) is 8.43. The number of hydrogen-bond acceptors (Lipinski definition) is 6. The number of rotatable bonds is 6. The molecule has 1 aromatic rings. The summed E-state index contributed by atoms with van der Waals surface area (Å²) in [5, 5.41) is 0. The van der Waals surface area contributed by atoms with Gasteiger partial charge in [0.15, 0.2) is 0 Å². The van der Waals surface area contributed by atoms with Gasteiger partial charge >= 0.3 is 5.97 Å². The standard InChI is InChI=1S/C16H23NO3.C3H6O2/c1-15(2,3)20-14(18)16(17)9-13(10-16)19-11-12-7-5-4-6-8-12;1-2-5-3-4/h4-8,13H,9-11,17H2,1-3H3;3H,2H2,1H3. The van der Waals surface area contributed by atoms with E-state index in [1.807, 2.05) is 51.1 Å². The molecule has 0 amide bonds. The van der Waals surface area contributed by atoms with Crippen molar-refractivity contribution in [2.24, 2.45) is 5.73 Å². The van der Waals surface area contributed by atoms with Crippen LogP contribution in [0.1, 0.15) is 46.1 Å². The van der Waals surface area contributed by atoms with E-state index in [9.17, 15) is 9.59 Å². The molecule has 1 aromatic carbocycles. The van der Waals surface area contributed by atoms with E-state index < -0.39 is 11.1 Å². The molecule has 25 heavy (non-hydrogen) atoms. The zero-order valence-electron chi connectivity index (χ0n) is 15.5. The van der Waals surface area contributed by atoms with Crippen molar-refractivity contribution >= 4 is 12.4 Å². The Hall–Kier alpha value is -1.92. The van der Waals surface area contributed by atoms with E-state index in [-0.39, 0.29) is 12.1 Å². The lowest BCUT2D eigenvalue weighted by Gasteiger charge is -2.43. The van der Waals surface area contributed by atoms with Gasteiger partial charge in [-0.1, -0.05) is 30.3 Å². The molecule has 140 valence electrons. The highest BCUT2D eigenvalue weighted by Crippen LogP contribution is 2.35. The predicted octanol–water partition coefficient (Wildman–Crippen LogP) is 2.58. The van der Waals surface area contributed by atoms with Gasteiger partial charge in [-0.05, 0) is 33.3 Å². The highest BCUT2D eigenvalue weighted by atomic mass is 16.6. The van der Waals surface area contributed by atoms with Gasteiger partial charge in [0.25, 0.3) is 6.47 Å². The van der Waals surface area contributed by atoms with E-state index in [1.165, 1.54) is 0 Å². The molecule has 1 aliphatic carbocycles. The van der Waals surface area contributed by atoms with E-state index in [1.54, 1.807) is 6.92 Å². The first-order chi connectivity index (χ1) is 11.7.